The van der Waals surface area contributed by atoms with E-state index >= 15 is 0 Å². The summed E-state index contributed by atoms with van der Waals surface area (Å²) in [6, 6.07) is 18.1. The summed E-state index contributed by atoms with van der Waals surface area (Å²) in [5, 5.41) is 3.46. The Morgan fingerprint density at radius 1 is 1.12 bits per heavy atom. The zero-order valence-electron chi connectivity index (χ0n) is 18.9. The largest absolute Gasteiger partial charge is 0.364 e. The van der Waals surface area contributed by atoms with Gasteiger partial charge in [-0.3, -0.25) is 9.10 Å². The second-order valence-corrected chi connectivity index (χ2v) is 8.98. The molecular weight excluding hydrogens is 472 g/mol. The van der Waals surface area contributed by atoms with Crippen LogP contribution in [0.3, 0.4) is 0 Å². The van der Waals surface area contributed by atoms with Crippen LogP contribution in [0.25, 0.3) is 22.3 Å². The van der Waals surface area contributed by atoms with Gasteiger partial charge in [-0.15, -0.1) is 0 Å². The highest BCUT2D eigenvalue weighted by atomic mass is 35.5. The van der Waals surface area contributed by atoms with Crippen molar-refractivity contribution in [3.05, 3.63) is 77.4 Å². The minimum absolute atomic E-state index is 0.188. The standard InChI is InChI=1S/C23H19ClN4O3S.C2H6/c24-19-6-3-16(13-18(19)20-7-8-21-22(27-20)9-10-25-21)26-23(29)15-1-4-17(5-2-15)28-11-12-31-14-32(28)30;1-2/h1-10,13,25H,11-12,14H2,(H,26,29);1-2H3. The number of carbonyl (C=O) groups is 1. The smallest absolute Gasteiger partial charge is 0.255 e. The van der Waals surface area contributed by atoms with Gasteiger partial charge in [-0.2, -0.15) is 0 Å². The molecule has 1 amide bonds. The molecule has 176 valence electrons. The van der Waals surface area contributed by atoms with Crippen molar-refractivity contribution in [1.29, 1.82) is 0 Å². The first-order valence-corrected chi connectivity index (χ1v) is 12.6. The van der Waals surface area contributed by atoms with Gasteiger partial charge in [0.1, 0.15) is 16.9 Å². The zero-order chi connectivity index (χ0) is 24.1. The molecule has 0 aliphatic carbocycles. The predicted molar refractivity (Wildman–Crippen MR) is 139 cm³/mol. The molecule has 2 aromatic heterocycles. The van der Waals surface area contributed by atoms with Crippen LogP contribution in [-0.2, 0) is 15.7 Å². The predicted octanol–water partition coefficient (Wildman–Crippen LogP) is 5.62. The molecule has 2 N–H and O–H groups in total. The maximum Gasteiger partial charge on any atom is 0.255 e. The normalized spacial score (nSPS) is 15.5. The van der Waals surface area contributed by atoms with E-state index in [2.05, 4.69) is 15.3 Å². The van der Waals surface area contributed by atoms with E-state index in [1.54, 1.807) is 40.7 Å². The molecule has 0 bridgehead atoms. The summed E-state index contributed by atoms with van der Waals surface area (Å²) in [5.74, 6) is -0.0607. The Morgan fingerprint density at radius 3 is 2.68 bits per heavy atom. The number of amides is 1. The minimum Gasteiger partial charge on any atom is -0.364 e. The fourth-order valence-electron chi connectivity index (χ4n) is 3.56. The monoisotopic (exact) mass is 496 g/mol. The first-order chi connectivity index (χ1) is 16.6. The third-order valence-electron chi connectivity index (χ3n) is 5.19. The van der Waals surface area contributed by atoms with Crippen LogP contribution in [0.1, 0.15) is 24.2 Å². The van der Waals surface area contributed by atoms with E-state index in [9.17, 15) is 9.00 Å². The molecule has 0 saturated carbocycles. The van der Waals surface area contributed by atoms with Crippen molar-refractivity contribution in [1.82, 2.24) is 9.97 Å². The van der Waals surface area contributed by atoms with Crippen LogP contribution < -0.4 is 9.62 Å². The molecular formula is C25H25ClN4O3S. The molecule has 1 fully saturated rings. The van der Waals surface area contributed by atoms with Gasteiger partial charge in [0.05, 0.1) is 34.9 Å². The Bertz CT molecular complexity index is 1320. The molecule has 5 rings (SSSR count). The van der Waals surface area contributed by atoms with E-state index in [1.165, 1.54) is 0 Å². The van der Waals surface area contributed by atoms with E-state index < -0.39 is 11.0 Å². The lowest BCUT2D eigenvalue weighted by molar-refractivity contribution is 0.102. The van der Waals surface area contributed by atoms with Gasteiger partial charge in [0.25, 0.3) is 5.91 Å². The van der Waals surface area contributed by atoms with Crippen molar-refractivity contribution in [2.45, 2.75) is 13.8 Å². The quantitative estimate of drug-likeness (QED) is 0.384. The lowest BCUT2D eigenvalue weighted by Crippen LogP contribution is -2.36. The SMILES string of the molecule is CC.O=C(Nc1ccc(Cl)c(-c2ccc3[nH]ccc3n2)c1)c1ccc(N2CCOCS2=O)cc1. The van der Waals surface area contributed by atoms with E-state index in [1.807, 2.05) is 44.3 Å². The van der Waals surface area contributed by atoms with Gasteiger partial charge in [0.2, 0.25) is 0 Å². The number of pyridine rings is 1. The highest BCUT2D eigenvalue weighted by Gasteiger charge is 2.19. The number of carbonyl (C=O) groups excluding carboxylic acids is 1. The average molecular weight is 497 g/mol. The van der Waals surface area contributed by atoms with E-state index in [-0.39, 0.29) is 11.8 Å². The Balaban J connectivity index is 0.00000133. The van der Waals surface area contributed by atoms with Crippen molar-refractivity contribution in [2.24, 2.45) is 0 Å². The highest BCUT2D eigenvalue weighted by molar-refractivity contribution is 7.86. The average Bonchev–Trinajstić information content (AvgIpc) is 3.35. The van der Waals surface area contributed by atoms with Crippen LogP contribution >= 0.6 is 11.6 Å². The maximum absolute atomic E-state index is 12.8. The van der Waals surface area contributed by atoms with E-state index in [0.717, 1.165) is 28.0 Å². The zero-order valence-corrected chi connectivity index (χ0v) is 20.4. The molecule has 34 heavy (non-hydrogen) atoms. The van der Waals surface area contributed by atoms with Gasteiger partial charge in [-0.05, 0) is 60.7 Å². The number of hydrogen-bond donors (Lipinski definition) is 2. The molecule has 1 aliphatic rings. The molecule has 7 nitrogen and oxygen atoms in total. The van der Waals surface area contributed by atoms with E-state index in [4.69, 9.17) is 16.3 Å². The molecule has 1 aliphatic heterocycles. The number of aromatic amines is 1. The number of ether oxygens (including phenoxy) is 1. The Hall–Kier alpha value is -3.20. The number of aromatic nitrogens is 2. The third kappa shape index (κ3) is 5.14. The number of fused-ring (bicyclic) bond motifs is 1. The topological polar surface area (TPSA) is 87.3 Å². The first-order valence-electron chi connectivity index (χ1n) is 11.0. The second kappa shape index (κ2) is 10.8. The third-order valence-corrected chi connectivity index (χ3v) is 6.77. The van der Waals surface area contributed by atoms with Crippen LogP contribution in [0, 0.1) is 0 Å². The fraction of sp³-hybridized carbons (Fsp3) is 0.200. The number of hydrogen-bond acceptors (Lipinski definition) is 4. The summed E-state index contributed by atoms with van der Waals surface area (Å²) in [6.45, 7) is 5.08. The number of nitrogens with one attached hydrogen (secondary N) is 2. The Labute approximate surface area is 205 Å². The molecule has 2 aromatic carbocycles. The van der Waals surface area contributed by atoms with Crippen LogP contribution in [0.5, 0.6) is 0 Å². The van der Waals surface area contributed by atoms with Crippen LogP contribution in [0.4, 0.5) is 11.4 Å². The lowest BCUT2D eigenvalue weighted by Gasteiger charge is -2.27. The summed E-state index contributed by atoms with van der Waals surface area (Å²) in [5.41, 5.74) is 5.15. The molecule has 3 heterocycles. The maximum atomic E-state index is 12.8. The van der Waals surface area contributed by atoms with Gasteiger partial charge in [0.15, 0.2) is 0 Å². The van der Waals surface area contributed by atoms with Crippen molar-refractivity contribution in [2.75, 3.05) is 28.7 Å². The van der Waals surface area contributed by atoms with Crippen molar-refractivity contribution < 1.29 is 13.7 Å². The van der Waals surface area contributed by atoms with Gasteiger partial charge in [0, 0.05) is 28.7 Å². The van der Waals surface area contributed by atoms with Crippen molar-refractivity contribution >= 4 is 50.9 Å². The van der Waals surface area contributed by atoms with Crippen LogP contribution in [0.15, 0.2) is 66.9 Å². The first kappa shape index (κ1) is 23.9. The molecule has 1 saturated heterocycles. The summed E-state index contributed by atoms with van der Waals surface area (Å²) < 4.78 is 19.1. The molecule has 0 radical (unpaired) electrons. The number of halogens is 1. The number of anilines is 2. The van der Waals surface area contributed by atoms with Gasteiger partial charge in [-0.25, -0.2) is 9.19 Å². The molecule has 1 atom stereocenters. The van der Waals surface area contributed by atoms with Crippen LogP contribution in [-0.4, -0.2) is 39.2 Å². The van der Waals surface area contributed by atoms with Gasteiger partial charge >= 0.3 is 0 Å². The molecule has 1 unspecified atom stereocenters. The number of rotatable bonds is 4. The Morgan fingerprint density at radius 2 is 1.91 bits per heavy atom. The summed E-state index contributed by atoms with van der Waals surface area (Å²) in [7, 11) is -1.22. The highest BCUT2D eigenvalue weighted by Crippen LogP contribution is 2.31. The number of H-pyrrole nitrogens is 1. The molecule has 0 spiro atoms. The molecule has 4 aromatic rings. The van der Waals surface area contributed by atoms with Gasteiger partial charge in [-0.1, -0.05) is 25.4 Å². The van der Waals surface area contributed by atoms with E-state index in [0.29, 0.717) is 29.4 Å². The molecule has 9 heteroatoms. The summed E-state index contributed by atoms with van der Waals surface area (Å²) >= 11 is 6.41. The second-order valence-electron chi connectivity index (χ2n) is 7.25. The minimum atomic E-state index is -1.22. The summed E-state index contributed by atoms with van der Waals surface area (Å²) in [4.78, 5) is 20.5. The number of benzene rings is 2. The number of nitrogens with zero attached hydrogens (tertiary/aromatic N) is 2. The Kier molecular flexibility index (Phi) is 7.62. The lowest BCUT2D eigenvalue weighted by atomic mass is 10.1. The fourth-order valence-corrected chi connectivity index (χ4v) is 4.79. The summed E-state index contributed by atoms with van der Waals surface area (Å²) in [6.07, 6.45) is 1.84. The van der Waals surface area contributed by atoms with Crippen molar-refractivity contribution in [3.8, 4) is 11.3 Å². The van der Waals surface area contributed by atoms with Crippen LogP contribution in [0.2, 0.25) is 5.02 Å². The van der Waals surface area contributed by atoms with Gasteiger partial charge < -0.3 is 15.0 Å². The van der Waals surface area contributed by atoms with Crippen molar-refractivity contribution in [3.63, 3.8) is 0 Å².